The third kappa shape index (κ3) is 7.68. The molecule has 142 valence electrons. The van der Waals surface area contributed by atoms with E-state index >= 15 is 0 Å². The molecule has 0 spiro atoms. The summed E-state index contributed by atoms with van der Waals surface area (Å²) < 4.78 is 32.3. The Balaban J connectivity index is 1.66. The number of rotatable bonds is 8. The predicted octanol–water partition coefficient (Wildman–Crippen LogP) is 0.605. The lowest BCUT2D eigenvalue weighted by molar-refractivity contribution is 0.0200. The zero-order chi connectivity index (χ0) is 18.1. The SMILES string of the molecule is CN=C(NCCS(=O)(=O)NCC1CCCCO1)NCc1ncc(C)s1. The highest BCUT2D eigenvalue weighted by Gasteiger charge is 2.17. The smallest absolute Gasteiger partial charge is 0.213 e. The van der Waals surface area contributed by atoms with Crippen LogP contribution in [0.1, 0.15) is 29.1 Å². The topological polar surface area (TPSA) is 105 Å². The Labute approximate surface area is 153 Å². The quantitative estimate of drug-likeness (QED) is 0.444. The number of aliphatic imine (C=N–C) groups is 1. The Morgan fingerprint density at radius 2 is 2.28 bits per heavy atom. The van der Waals surface area contributed by atoms with Crippen molar-refractivity contribution in [2.24, 2.45) is 4.99 Å². The number of aromatic nitrogens is 1. The lowest BCUT2D eigenvalue weighted by Gasteiger charge is -2.22. The molecule has 2 heterocycles. The van der Waals surface area contributed by atoms with Crippen LogP contribution in [0.25, 0.3) is 0 Å². The Morgan fingerprint density at radius 3 is 2.92 bits per heavy atom. The first kappa shape index (κ1) is 20.1. The highest BCUT2D eigenvalue weighted by atomic mass is 32.2. The second-order valence-corrected chi connectivity index (χ2v) is 9.12. The summed E-state index contributed by atoms with van der Waals surface area (Å²) in [5.41, 5.74) is 0. The molecule has 0 radical (unpaired) electrons. The van der Waals surface area contributed by atoms with Gasteiger partial charge in [0.1, 0.15) is 5.01 Å². The van der Waals surface area contributed by atoms with Crippen molar-refractivity contribution in [3.8, 4) is 0 Å². The van der Waals surface area contributed by atoms with Crippen LogP contribution in [0.15, 0.2) is 11.2 Å². The molecule has 10 heteroatoms. The monoisotopic (exact) mass is 389 g/mol. The number of aryl methyl sites for hydroxylation is 1. The summed E-state index contributed by atoms with van der Waals surface area (Å²) in [5, 5.41) is 7.09. The first-order valence-electron chi connectivity index (χ1n) is 8.43. The summed E-state index contributed by atoms with van der Waals surface area (Å²) in [6.07, 6.45) is 4.88. The van der Waals surface area contributed by atoms with Crippen molar-refractivity contribution in [1.29, 1.82) is 0 Å². The summed E-state index contributed by atoms with van der Waals surface area (Å²) in [6, 6.07) is 0. The van der Waals surface area contributed by atoms with Crippen molar-refractivity contribution >= 4 is 27.3 Å². The van der Waals surface area contributed by atoms with Crippen molar-refractivity contribution in [3.63, 3.8) is 0 Å². The molecule has 1 atom stereocenters. The highest BCUT2D eigenvalue weighted by Crippen LogP contribution is 2.12. The fourth-order valence-electron chi connectivity index (χ4n) is 2.43. The standard InChI is InChI=1S/C15H27N5O3S2/c1-12-9-18-14(24-12)11-19-15(16-2)17-6-8-25(21,22)20-10-13-5-3-4-7-23-13/h9,13,20H,3-8,10-11H2,1-2H3,(H2,16,17,19). The number of nitrogens with one attached hydrogen (secondary N) is 3. The van der Waals surface area contributed by atoms with Gasteiger partial charge in [-0.2, -0.15) is 0 Å². The Bertz CT molecular complexity index is 654. The second kappa shape index (κ2) is 10.0. The van der Waals surface area contributed by atoms with Gasteiger partial charge in [-0.05, 0) is 26.2 Å². The van der Waals surface area contributed by atoms with Gasteiger partial charge in [-0.3, -0.25) is 4.99 Å². The molecule has 2 rings (SSSR count). The number of hydrogen-bond acceptors (Lipinski definition) is 6. The molecule has 1 aromatic heterocycles. The first-order valence-corrected chi connectivity index (χ1v) is 10.9. The summed E-state index contributed by atoms with van der Waals surface area (Å²) in [6.45, 7) is 3.90. The van der Waals surface area contributed by atoms with Crippen molar-refractivity contribution in [2.45, 2.75) is 38.8 Å². The number of guanidine groups is 1. The van der Waals surface area contributed by atoms with Gasteiger partial charge in [0.15, 0.2) is 5.96 Å². The lowest BCUT2D eigenvalue weighted by Crippen LogP contribution is -2.42. The number of hydrogen-bond donors (Lipinski definition) is 3. The minimum Gasteiger partial charge on any atom is -0.377 e. The van der Waals surface area contributed by atoms with Crippen LogP contribution in [0.5, 0.6) is 0 Å². The summed E-state index contributed by atoms with van der Waals surface area (Å²) >= 11 is 1.61. The Morgan fingerprint density at radius 1 is 1.44 bits per heavy atom. The van der Waals surface area contributed by atoms with Crippen LogP contribution in [0.4, 0.5) is 0 Å². The van der Waals surface area contributed by atoms with Crippen LogP contribution in [0.2, 0.25) is 0 Å². The normalized spacial score (nSPS) is 19.0. The Hall–Kier alpha value is -1.23. The zero-order valence-electron chi connectivity index (χ0n) is 14.7. The predicted molar refractivity (Wildman–Crippen MR) is 100 cm³/mol. The molecule has 1 unspecified atom stereocenters. The van der Waals surface area contributed by atoms with Gasteiger partial charge >= 0.3 is 0 Å². The minimum atomic E-state index is -3.33. The molecule has 1 saturated heterocycles. The number of ether oxygens (including phenoxy) is 1. The van der Waals surface area contributed by atoms with Crippen LogP contribution >= 0.6 is 11.3 Å². The van der Waals surface area contributed by atoms with Crippen LogP contribution in [-0.2, 0) is 21.3 Å². The summed E-state index contributed by atoms with van der Waals surface area (Å²) in [4.78, 5) is 9.50. The van der Waals surface area contributed by atoms with Gasteiger partial charge < -0.3 is 15.4 Å². The molecular formula is C15H27N5O3S2. The van der Waals surface area contributed by atoms with Crippen LogP contribution in [0, 0.1) is 6.92 Å². The molecular weight excluding hydrogens is 362 g/mol. The van der Waals surface area contributed by atoms with E-state index in [0.717, 1.165) is 29.1 Å². The first-order chi connectivity index (χ1) is 12.0. The van der Waals surface area contributed by atoms with Gasteiger partial charge in [-0.25, -0.2) is 18.1 Å². The molecule has 1 fully saturated rings. The van der Waals surface area contributed by atoms with Gasteiger partial charge in [-0.1, -0.05) is 0 Å². The van der Waals surface area contributed by atoms with Crippen molar-refractivity contribution in [1.82, 2.24) is 20.3 Å². The minimum absolute atomic E-state index is 0.00679. The van der Waals surface area contributed by atoms with E-state index in [1.54, 1.807) is 18.4 Å². The van der Waals surface area contributed by atoms with E-state index in [0.29, 0.717) is 25.7 Å². The average molecular weight is 390 g/mol. The maximum Gasteiger partial charge on any atom is 0.213 e. The molecule has 1 aromatic rings. The van der Waals surface area contributed by atoms with E-state index in [4.69, 9.17) is 4.74 Å². The molecule has 0 aromatic carbocycles. The molecule has 0 saturated carbocycles. The molecule has 25 heavy (non-hydrogen) atoms. The molecule has 3 N–H and O–H groups in total. The fraction of sp³-hybridized carbons (Fsp3) is 0.733. The molecule has 1 aliphatic heterocycles. The summed E-state index contributed by atoms with van der Waals surface area (Å²) in [7, 11) is -1.69. The number of thiazole rings is 1. The van der Waals surface area contributed by atoms with Crippen LogP contribution < -0.4 is 15.4 Å². The van der Waals surface area contributed by atoms with Gasteiger partial charge in [0.05, 0.1) is 18.4 Å². The van der Waals surface area contributed by atoms with Crippen LogP contribution in [-0.4, -0.2) is 58.0 Å². The molecule has 8 nitrogen and oxygen atoms in total. The second-order valence-electron chi connectivity index (χ2n) is 5.87. The van der Waals surface area contributed by atoms with E-state index < -0.39 is 10.0 Å². The van der Waals surface area contributed by atoms with Gasteiger partial charge in [0, 0.05) is 37.8 Å². The van der Waals surface area contributed by atoms with E-state index in [1.165, 1.54) is 0 Å². The fourth-order valence-corrected chi connectivity index (χ4v) is 4.11. The average Bonchev–Trinajstić information content (AvgIpc) is 3.02. The van der Waals surface area contributed by atoms with Crippen molar-refractivity contribution in [3.05, 3.63) is 16.1 Å². The molecule has 0 aliphatic carbocycles. The van der Waals surface area contributed by atoms with E-state index in [2.05, 4.69) is 25.3 Å². The van der Waals surface area contributed by atoms with Crippen molar-refractivity contribution in [2.75, 3.05) is 32.5 Å². The zero-order valence-corrected chi connectivity index (χ0v) is 16.4. The molecule has 1 aliphatic rings. The summed E-state index contributed by atoms with van der Waals surface area (Å²) in [5.74, 6) is 0.537. The maximum atomic E-state index is 12.0. The molecule has 0 bridgehead atoms. The van der Waals surface area contributed by atoms with Gasteiger partial charge in [0.25, 0.3) is 0 Å². The largest absolute Gasteiger partial charge is 0.377 e. The maximum absolute atomic E-state index is 12.0. The third-order valence-electron chi connectivity index (χ3n) is 3.77. The van der Waals surface area contributed by atoms with Gasteiger partial charge in [-0.15, -0.1) is 11.3 Å². The van der Waals surface area contributed by atoms with E-state index in [1.807, 2.05) is 13.1 Å². The van der Waals surface area contributed by atoms with Crippen molar-refractivity contribution < 1.29 is 13.2 Å². The lowest BCUT2D eigenvalue weighted by atomic mass is 10.1. The highest BCUT2D eigenvalue weighted by molar-refractivity contribution is 7.89. The Kier molecular flexibility index (Phi) is 8.07. The van der Waals surface area contributed by atoms with E-state index in [-0.39, 0.29) is 18.4 Å². The van der Waals surface area contributed by atoms with Crippen LogP contribution in [0.3, 0.4) is 0 Å². The van der Waals surface area contributed by atoms with Gasteiger partial charge in [0.2, 0.25) is 10.0 Å². The molecule has 0 amide bonds. The number of nitrogens with zero attached hydrogens (tertiary/aromatic N) is 2. The van der Waals surface area contributed by atoms with E-state index in [9.17, 15) is 8.42 Å². The number of sulfonamides is 1. The third-order valence-corrected chi connectivity index (χ3v) is 6.03.